The molecular formula is C57H97N13O15. The second kappa shape index (κ2) is 34.3. The van der Waals surface area contributed by atoms with Gasteiger partial charge in [-0.15, -0.1) is 0 Å². The predicted octanol–water partition coefficient (Wildman–Crippen LogP) is -3.64. The number of rotatable bonds is 18. The maximum atomic E-state index is 15.3. The fourth-order valence-electron chi connectivity index (χ4n) is 9.07. The summed E-state index contributed by atoms with van der Waals surface area (Å²) in [6.45, 7) is 18.6. The van der Waals surface area contributed by atoms with Crippen LogP contribution in [0.2, 0.25) is 0 Å². The maximum Gasteiger partial charge on any atom is 0.245 e. The molecule has 19 N–H and O–H groups in total. The van der Waals surface area contributed by atoms with Gasteiger partial charge in [0.25, 0.3) is 0 Å². The summed E-state index contributed by atoms with van der Waals surface area (Å²) in [4.78, 5) is 156. The topological polar surface area (TPSA) is 453 Å². The summed E-state index contributed by atoms with van der Waals surface area (Å²) in [6.07, 6.45) is -3.18. The minimum Gasteiger partial charge on any atom is -0.394 e. The molecule has 1 aromatic rings. The summed E-state index contributed by atoms with van der Waals surface area (Å²) < 4.78 is 0. The molecule has 0 bridgehead atoms. The summed E-state index contributed by atoms with van der Waals surface area (Å²) in [5.74, 6) is -13.2. The van der Waals surface area contributed by atoms with E-state index in [2.05, 4.69) is 58.5 Å². The van der Waals surface area contributed by atoms with E-state index >= 15 is 4.79 Å². The Kier molecular flexibility index (Phi) is 30.0. The van der Waals surface area contributed by atoms with Crippen molar-refractivity contribution in [2.75, 3.05) is 26.3 Å². The molecule has 2 rings (SSSR count). The van der Waals surface area contributed by atoms with Gasteiger partial charge in [0.15, 0.2) is 0 Å². The van der Waals surface area contributed by atoms with Crippen molar-refractivity contribution in [3.05, 3.63) is 35.9 Å². The first-order chi connectivity index (χ1) is 39.5. The third-order valence-corrected chi connectivity index (χ3v) is 14.0. The van der Waals surface area contributed by atoms with Crippen LogP contribution < -0.4 is 70.0 Å². The van der Waals surface area contributed by atoms with Gasteiger partial charge in [0.2, 0.25) is 65.0 Å². The van der Waals surface area contributed by atoms with Crippen LogP contribution in [-0.4, -0.2) is 184 Å². The molecule has 0 spiro atoms. The van der Waals surface area contributed by atoms with E-state index in [1.165, 1.54) is 45.0 Å². The van der Waals surface area contributed by atoms with Crippen molar-refractivity contribution in [3.8, 4) is 0 Å². The van der Waals surface area contributed by atoms with Crippen LogP contribution in [0.4, 0.5) is 0 Å². The zero-order valence-electron chi connectivity index (χ0n) is 51.4. The number of benzene rings is 1. The van der Waals surface area contributed by atoms with Gasteiger partial charge in [-0.3, -0.25) is 52.7 Å². The van der Waals surface area contributed by atoms with Gasteiger partial charge >= 0.3 is 0 Å². The van der Waals surface area contributed by atoms with Crippen LogP contribution in [0.3, 0.4) is 0 Å². The molecule has 11 amide bonds. The van der Waals surface area contributed by atoms with Crippen LogP contribution in [0.25, 0.3) is 0 Å². The third kappa shape index (κ3) is 24.6. The highest BCUT2D eigenvalue weighted by atomic mass is 16.3. The lowest BCUT2D eigenvalue weighted by Crippen LogP contribution is -2.65. The molecule has 1 aromatic carbocycles. The molecule has 1 unspecified atom stereocenters. The van der Waals surface area contributed by atoms with E-state index < -0.39 is 186 Å². The van der Waals surface area contributed by atoms with Crippen LogP contribution in [0.5, 0.6) is 0 Å². The third-order valence-electron chi connectivity index (χ3n) is 14.0. The minimum atomic E-state index is -2.02. The van der Waals surface area contributed by atoms with Crippen molar-refractivity contribution in [1.29, 1.82) is 0 Å². The lowest BCUT2D eigenvalue weighted by Gasteiger charge is -2.35. The summed E-state index contributed by atoms with van der Waals surface area (Å²) in [5, 5.41) is 70.6. The van der Waals surface area contributed by atoms with E-state index in [9.17, 15) is 68.4 Å². The Labute approximate surface area is 498 Å². The zero-order chi connectivity index (χ0) is 64.8. The van der Waals surface area contributed by atoms with Crippen molar-refractivity contribution in [1.82, 2.24) is 58.5 Å². The molecule has 0 aliphatic carbocycles. The van der Waals surface area contributed by atoms with Crippen molar-refractivity contribution >= 4 is 65.0 Å². The van der Waals surface area contributed by atoms with E-state index in [0.29, 0.717) is 0 Å². The maximum absolute atomic E-state index is 15.3. The van der Waals surface area contributed by atoms with Gasteiger partial charge in [-0.25, -0.2) is 0 Å². The molecule has 1 aliphatic rings. The Balaban J connectivity index is 3.05. The fourth-order valence-corrected chi connectivity index (χ4v) is 9.07. The summed E-state index contributed by atoms with van der Waals surface area (Å²) in [6, 6.07) is -10.5. The molecule has 0 saturated carbocycles. The van der Waals surface area contributed by atoms with Gasteiger partial charge in [-0.05, 0) is 73.3 Å². The first-order valence-electron chi connectivity index (χ1n) is 28.9. The van der Waals surface area contributed by atoms with E-state index in [1.54, 1.807) is 54.5 Å². The Morgan fingerprint density at radius 3 is 1.62 bits per heavy atom. The second-order valence-corrected chi connectivity index (χ2v) is 25.0. The van der Waals surface area contributed by atoms with E-state index in [4.69, 9.17) is 11.5 Å². The number of amides is 11. The molecule has 1 heterocycles. The summed E-state index contributed by atoms with van der Waals surface area (Å²) in [5.41, 5.74) is 11.3. The molecule has 28 heteroatoms. The minimum absolute atomic E-state index is 0.0442. The largest absolute Gasteiger partial charge is 0.394 e. The Morgan fingerprint density at radius 1 is 0.612 bits per heavy atom. The number of nitrogens with two attached hydrogens (primary N) is 2. The highest BCUT2D eigenvalue weighted by Crippen LogP contribution is 2.25. The van der Waals surface area contributed by atoms with Crippen molar-refractivity contribution < 1.29 is 73.2 Å². The first kappa shape index (κ1) is 74.3. The number of carbonyl (C=O) groups is 11. The SMILES string of the molecule is CC[C@H](C)[C@@H]1NC(=O)[C@@H](CCN)NC(=O)[C@H](CC(C)C)NC(=O)[C@H]([C@H](O)C(C)C)NC(=O)[C@@H](NC(=O)[C@H](CC(C)(C)C)NC(=O)[C@H](N)CC(C)(C)C)[C@@H](c2ccccc2)NC(=O)C(CO)NC(=O)[C@H](CO)NC(=O)CNC(=O)[C@H]([C@H](C)O)NC1=O. The van der Waals surface area contributed by atoms with Gasteiger partial charge < -0.3 is 90.4 Å². The predicted molar refractivity (Wildman–Crippen MR) is 313 cm³/mol. The Hall–Kier alpha value is -6.85. The van der Waals surface area contributed by atoms with Gasteiger partial charge in [0.1, 0.15) is 54.4 Å². The zero-order valence-corrected chi connectivity index (χ0v) is 51.4. The average molecular weight is 1200 g/mol. The molecule has 1 saturated heterocycles. The van der Waals surface area contributed by atoms with Crippen LogP contribution in [-0.2, 0) is 52.7 Å². The Bertz CT molecular complexity index is 2430. The average Bonchev–Trinajstić information content (AvgIpc) is 3.55. The smallest absolute Gasteiger partial charge is 0.245 e. The standard InChI is InChI=1S/C57H97N13O15/c1-14-30(6)40-53(83)67-41(31(7)73)52(82)60-25-39(74)61-37(26-71)50(80)65-38(27-72)51(81)68-42(32-18-16-15-17-19-32)43(69-49(79)36(24-57(11,12)13)64-46(76)33(59)23-56(8,9)10)54(84)70-44(45(75)29(4)5)55(85)63-35(22-28(2)3)48(78)62-34(20-21-58)47(77)66-40/h15-19,28-31,33-38,40-45,71-73,75H,14,20-27,58-59H2,1-13H3,(H,60,82)(H,61,74)(H,62,78)(H,63,85)(H,64,76)(H,65,80)(H,66,77)(H,67,83)(H,68,81)(H,69,79)(H,70,84)/t30-,31-,33+,34+,35-,36-,37-,38?,40-,41-,42+,43-,44-,45+/m0/s1. The normalized spacial score (nSPS) is 25.5. The quantitative estimate of drug-likeness (QED) is 0.0674. The number of aliphatic hydroxyl groups is 4. The Morgan fingerprint density at radius 2 is 1.11 bits per heavy atom. The van der Waals surface area contributed by atoms with Crippen LogP contribution in [0, 0.1) is 28.6 Å². The molecule has 14 atom stereocenters. The van der Waals surface area contributed by atoms with Crippen LogP contribution in [0.15, 0.2) is 30.3 Å². The van der Waals surface area contributed by atoms with Gasteiger partial charge in [0, 0.05) is 0 Å². The highest BCUT2D eigenvalue weighted by Gasteiger charge is 2.42. The number of carbonyl (C=O) groups excluding carboxylic acids is 11. The highest BCUT2D eigenvalue weighted by molar-refractivity contribution is 5.99. The fraction of sp³-hybridized carbons (Fsp3) is 0.702. The van der Waals surface area contributed by atoms with E-state index in [-0.39, 0.29) is 50.1 Å². The summed E-state index contributed by atoms with van der Waals surface area (Å²) in [7, 11) is 0. The molecule has 85 heavy (non-hydrogen) atoms. The van der Waals surface area contributed by atoms with Gasteiger partial charge in [-0.2, -0.15) is 0 Å². The second-order valence-electron chi connectivity index (χ2n) is 25.0. The first-order valence-corrected chi connectivity index (χ1v) is 28.9. The molecule has 0 radical (unpaired) electrons. The van der Waals surface area contributed by atoms with Gasteiger partial charge in [-0.1, -0.05) is 120 Å². The lowest BCUT2D eigenvalue weighted by molar-refractivity contribution is -0.139. The van der Waals surface area contributed by atoms with Crippen molar-refractivity contribution in [2.45, 2.75) is 201 Å². The van der Waals surface area contributed by atoms with Crippen LogP contribution >= 0.6 is 0 Å². The molecule has 28 nitrogen and oxygen atoms in total. The molecule has 480 valence electrons. The number of hydrogen-bond donors (Lipinski definition) is 17. The molecule has 1 aliphatic heterocycles. The lowest BCUT2D eigenvalue weighted by atomic mass is 9.86. The van der Waals surface area contributed by atoms with Crippen molar-refractivity contribution in [3.63, 3.8) is 0 Å². The molecule has 0 aromatic heterocycles. The van der Waals surface area contributed by atoms with Gasteiger partial charge in [0.05, 0.1) is 44.1 Å². The molecular weight excluding hydrogens is 1110 g/mol. The van der Waals surface area contributed by atoms with Crippen molar-refractivity contribution in [2.24, 2.45) is 40.1 Å². The molecule has 1 fully saturated rings. The number of nitrogens with one attached hydrogen (secondary N) is 11. The van der Waals surface area contributed by atoms with E-state index in [1.807, 2.05) is 20.8 Å². The number of aliphatic hydroxyl groups excluding tert-OH is 4. The number of hydrogen-bond acceptors (Lipinski definition) is 17. The monoisotopic (exact) mass is 1200 g/mol. The van der Waals surface area contributed by atoms with Crippen LogP contribution in [0.1, 0.15) is 134 Å². The summed E-state index contributed by atoms with van der Waals surface area (Å²) >= 11 is 0. The van der Waals surface area contributed by atoms with E-state index in [0.717, 1.165) is 0 Å².